The average Bonchev–Trinajstić information content (AvgIpc) is 2.40. The first-order chi connectivity index (χ1) is 9.10. The maximum atomic E-state index is 13.5. The van der Waals surface area contributed by atoms with Crippen LogP contribution in [-0.2, 0) is 13.2 Å². The summed E-state index contributed by atoms with van der Waals surface area (Å²) in [5, 5.41) is 0. The molecule has 0 fully saturated rings. The lowest BCUT2D eigenvalue weighted by Gasteiger charge is -2.09. The standard InChI is InChI=1S/C16H18FNO/c1-11-3-4-13(7-12(11)2)10-19-15-6-5-14(9-18)16(17)8-15/h3-8H,9-10,18H2,1-2H3. The zero-order chi connectivity index (χ0) is 13.8. The third kappa shape index (κ3) is 3.32. The molecule has 0 bridgehead atoms. The molecular formula is C16H18FNO. The van der Waals surface area contributed by atoms with Gasteiger partial charge in [-0.25, -0.2) is 4.39 Å². The molecule has 0 unspecified atom stereocenters. The van der Waals surface area contributed by atoms with E-state index in [1.807, 2.05) is 6.07 Å². The van der Waals surface area contributed by atoms with E-state index in [1.54, 1.807) is 12.1 Å². The molecule has 0 aromatic heterocycles. The van der Waals surface area contributed by atoms with Gasteiger partial charge in [-0.3, -0.25) is 0 Å². The van der Waals surface area contributed by atoms with Crippen LogP contribution >= 0.6 is 0 Å². The van der Waals surface area contributed by atoms with E-state index < -0.39 is 0 Å². The fourth-order valence-electron chi connectivity index (χ4n) is 1.84. The zero-order valence-electron chi connectivity index (χ0n) is 11.2. The first-order valence-electron chi connectivity index (χ1n) is 6.27. The Morgan fingerprint density at radius 2 is 1.84 bits per heavy atom. The van der Waals surface area contributed by atoms with Crippen LogP contribution in [0.1, 0.15) is 22.3 Å². The number of hydrogen-bond acceptors (Lipinski definition) is 2. The van der Waals surface area contributed by atoms with Gasteiger partial charge in [0.2, 0.25) is 0 Å². The Labute approximate surface area is 113 Å². The molecule has 2 rings (SSSR count). The molecule has 19 heavy (non-hydrogen) atoms. The Morgan fingerprint density at radius 1 is 1.05 bits per heavy atom. The van der Waals surface area contributed by atoms with E-state index in [0.717, 1.165) is 5.56 Å². The van der Waals surface area contributed by atoms with Crippen molar-refractivity contribution < 1.29 is 9.13 Å². The minimum atomic E-state index is -0.319. The summed E-state index contributed by atoms with van der Waals surface area (Å²) in [6.07, 6.45) is 0. The minimum Gasteiger partial charge on any atom is -0.489 e. The number of nitrogens with two attached hydrogens (primary N) is 1. The molecule has 0 radical (unpaired) electrons. The molecule has 0 spiro atoms. The Bertz CT molecular complexity index is 581. The molecule has 0 amide bonds. The minimum absolute atomic E-state index is 0.198. The first-order valence-corrected chi connectivity index (χ1v) is 6.27. The summed E-state index contributed by atoms with van der Waals surface area (Å²) in [6.45, 7) is 4.77. The van der Waals surface area contributed by atoms with Crippen LogP contribution < -0.4 is 10.5 Å². The van der Waals surface area contributed by atoms with Crippen molar-refractivity contribution in [2.45, 2.75) is 27.0 Å². The predicted molar refractivity (Wildman–Crippen MR) is 74.5 cm³/mol. The molecule has 0 aliphatic rings. The molecule has 0 heterocycles. The van der Waals surface area contributed by atoms with Gasteiger partial charge in [0.15, 0.2) is 0 Å². The molecule has 0 atom stereocenters. The monoisotopic (exact) mass is 259 g/mol. The molecule has 2 aromatic rings. The van der Waals surface area contributed by atoms with Crippen molar-refractivity contribution in [1.29, 1.82) is 0 Å². The van der Waals surface area contributed by atoms with E-state index in [2.05, 4.69) is 26.0 Å². The second-order valence-electron chi connectivity index (χ2n) is 4.66. The normalized spacial score (nSPS) is 10.5. The van der Waals surface area contributed by atoms with Crippen molar-refractivity contribution in [3.8, 4) is 5.75 Å². The zero-order valence-corrected chi connectivity index (χ0v) is 11.2. The molecule has 0 aliphatic carbocycles. The van der Waals surface area contributed by atoms with Crippen molar-refractivity contribution in [3.63, 3.8) is 0 Å². The van der Waals surface area contributed by atoms with Crippen LogP contribution in [0.4, 0.5) is 4.39 Å². The SMILES string of the molecule is Cc1ccc(COc2ccc(CN)c(F)c2)cc1C. The second-order valence-corrected chi connectivity index (χ2v) is 4.66. The van der Waals surface area contributed by atoms with E-state index in [0.29, 0.717) is 17.9 Å². The van der Waals surface area contributed by atoms with E-state index >= 15 is 0 Å². The van der Waals surface area contributed by atoms with Crippen LogP contribution in [0.3, 0.4) is 0 Å². The highest BCUT2D eigenvalue weighted by Gasteiger charge is 2.03. The van der Waals surface area contributed by atoms with Gasteiger partial charge in [0.05, 0.1) is 0 Å². The average molecular weight is 259 g/mol. The van der Waals surface area contributed by atoms with Crippen molar-refractivity contribution in [2.75, 3.05) is 0 Å². The Hall–Kier alpha value is -1.87. The lowest BCUT2D eigenvalue weighted by Crippen LogP contribution is -2.01. The molecule has 2 nitrogen and oxygen atoms in total. The van der Waals surface area contributed by atoms with Gasteiger partial charge in [0.1, 0.15) is 18.2 Å². The molecule has 2 aromatic carbocycles. The van der Waals surface area contributed by atoms with Crippen molar-refractivity contribution in [1.82, 2.24) is 0 Å². The fraction of sp³-hybridized carbons (Fsp3) is 0.250. The highest BCUT2D eigenvalue weighted by atomic mass is 19.1. The quantitative estimate of drug-likeness (QED) is 0.912. The number of halogens is 1. The first kappa shape index (κ1) is 13.6. The number of aryl methyl sites for hydroxylation is 2. The van der Waals surface area contributed by atoms with Gasteiger partial charge in [-0.1, -0.05) is 24.3 Å². The molecule has 0 saturated carbocycles. The summed E-state index contributed by atoms with van der Waals surface area (Å²) in [4.78, 5) is 0. The van der Waals surface area contributed by atoms with Gasteiger partial charge in [-0.05, 0) is 36.6 Å². The molecule has 0 aliphatic heterocycles. The maximum absolute atomic E-state index is 13.5. The van der Waals surface area contributed by atoms with Crippen LogP contribution in [-0.4, -0.2) is 0 Å². The van der Waals surface area contributed by atoms with E-state index in [9.17, 15) is 4.39 Å². The van der Waals surface area contributed by atoms with Gasteiger partial charge in [-0.15, -0.1) is 0 Å². The summed E-state index contributed by atoms with van der Waals surface area (Å²) >= 11 is 0. The van der Waals surface area contributed by atoms with Crippen LogP contribution in [0.2, 0.25) is 0 Å². The number of benzene rings is 2. The number of rotatable bonds is 4. The van der Waals surface area contributed by atoms with Crippen molar-refractivity contribution in [3.05, 3.63) is 64.5 Å². The number of hydrogen-bond donors (Lipinski definition) is 1. The fourth-order valence-corrected chi connectivity index (χ4v) is 1.84. The third-order valence-electron chi connectivity index (χ3n) is 3.22. The molecule has 0 saturated heterocycles. The van der Waals surface area contributed by atoms with Gasteiger partial charge in [0, 0.05) is 18.2 Å². The van der Waals surface area contributed by atoms with Crippen molar-refractivity contribution >= 4 is 0 Å². The third-order valence-corrected chi connectivity index (χ3v) is 3.22. The van der Waals surface area contributed by atoms with Crippen LogP contribution in [0, 0.1) is 19.7 Å². The molecule has 3 heteroatoms. The van der Waals surface area contributed by atoms with Gasteiger partial charge in [0.25, 0.3) is 0 Å². The molecule has 2 N–H and O–H groups in total. The van der Waals surface area contributed by atoms with Crippen LogP contribution in [0.25, 0.3) is 0 Å². The summed E-state index contributed by atoms with van der Waals surface area (Å²) in [5.74, 6) is 0.202. The van der Waals surface area contributed by atoms with Crippen molar-refractivity contribution in [2.24, 2.45) is 5.73 Å². The Balaban J connectivity index is 2.05. The highest BCUT2D eigenvalue weighted by Crippen LogP contribution is 2.18. The second kappa shape index (κ2) is 5.85. The molecule has 100 valence electrons. The topological polar surface area (TPSA) is 35.2 Å². The summed E-state index contributed by atoms with van der Waals surface area (Å²) < 4.78 is 19.1. The van der Waals surface area contributed by atoms with E-state index in [4.69, 9.17) is 10.5 Å². The maximum Gasteiger partial charge on any atom is 0.131 e. The van der Waals surface area contributed by atoms with Gasteiger partial charge < -0.3 is 10.5 Å². The largest absolute Gasteiger partial charge is 0.489 e. The summed E-state index contributed by atoms with van der Waals surface area (Å²) in [5.41, 5.74) is 9.47. The Morgan fingerprint density at radius 3 is 2.47 bits per heavy atom. The highest BCUT2D eigenvalue weighted by molar-refractivity contribution is 5.31. The molecular weight excluding hydrogens is 241 g/mol. The Kier molecular flexibility index (Phi) is 4.17. The summed E-state index contributed by atoms with van der Waals surface area (Å²) in [7, 11) is 0. The number of ether oxygens (including phenoxy) is 1. The van der Waals surface area contributed by atoms with Crippen LogP contribution in [0.15, 0.2) is 36.4 Å². The van der Waals surface area contributed by atoms with Gasteiger partial charge >= 0.3 is 0 Å². The predicted octanol–water partition coefficient (Wildman–Crippen LogP) is 3.48. The van der Waals surface area contributed by atoms with E-state index in [1.165, 1.54) is 17.2 Å². The lowest BCUT2D eigenvalue weighted by atomic mass is 10.1. The van der Waals surface area contributed by atoms with E-state index in [-0.39, 0.29) is 12.4 Å². The van der Waals surface area contributed by atoms with Crippen LogP contribution in [0.5, 0.6) is 5.75 Å². The smallest absolute Gasteiger partial charge is 0.131 e. The summed E-state index contributed by atoms with van der Waals surface area (Å²) in [6, 6.07) is 10.9. The lowest BCUT2D eigenvalue weighted by molar-refractivity contribution is 0.304. The van der Waals surface area contributed by atoms with Gasteiger partial charge in [-0.2, -0.15) is 0 Å².